The van der Waals surface area contributed by atoms with Crippen LogP contribution < -0.4 is 5.32 Å². The van der Waals surface area contributed by atoms with Crippen molar-refractivity contribution in [3.8, 4) is 6.07 Å². The number of nitrogens with zero attached hydrogens (tertiary/aromatic N) is 3. The summed E-state index contributed by atoms with van der Waals surface area (Å²) in [6, 6.07) is 9.53. The summed E-state index contributed by atoms with van der Waals surface area (Å²) in [7, 11) is 2.03. The first-order valence-corrected chi connectivity index (χ1v) is 7.49. The number of hydrogen-bond donors (Lipinski definition) is 1. The SMILES string of the molecule is CN1CCN(C(=O)/C(C#N)=C\Nc2cccc(Br)c2)CC1. The maximum absolute atomic E-state index is 12.3. The Morgan fingerprint density at radius 1 is 1.38 bits per heavy atom. The van der Waals surface area contributed by atoms with Gasteiger partial charge in [0, 0.05) is 42.5 Å². The molecular weight excluding hydrogens is 332 g/mol. The van der Waals surface area contributed by atoms with Crippen LogP contribution in [-0.4, -0.2) is 48.9 Å². The van der Waals surface area contributed by atoms with Gasteiger partial charge in [-0.2, -0.15) is 5.26 Å². The second kappa shape index (κ2) is 7.25. The molecule has 0 aliphatic carbocycles. The zero-order valence-corrected chi connectivity index (χ0v) is 13.4. The Labute approximate surface area is 133 Å². The number of piperazine rings is 1. The molecule has 1 fully saturated rings. The number of rotatable bonds is 3. The average Bonchev–Trinajstić information content (AvgIpc) is 2.48. The van der Waals surface area contributed by atoms with Crippen LogP contribution in [0.3, 0.4) is 0 Å². The van der Waals surface area contributed by atoms with Crippen molar-refractivity contribution in [3.05, 3.63) is 40.5 Å². The molecule has 21 heavy (non-hydrogen) atoms. The van der Waals surface area contributed by atoms with Gasteiger partial charge < -0.3 is 15.1 Å². The van der Waals surface area contributed by atoms with Crippen LogP contribution in [-0.2, 0) is 4.79 Å². The van der Waals surface area contributed by atoms with E-state index in [9.17, 15) is 10.1 Å². The number of likely N-dealkylation sites (N-methyl/N-ethyl adjacent to an activating group) is 1. The number of anilines is 1. The minimum Gasteiger partial charge on any atom is -0.360 e. The standard InChI is InChI=1S/C15H17BrN4O/c1-19-5-7-20(8-6-19)15(21)12(10-17)11-18-14-4-2-3-13(16)9-14/h2-4,9,11,18H,5-8H2,1H3/b12-11-. The molecule has 0 radical (unpaired) electrons. The van der Waals surface area contributed by atoms with Crippen LogP contribution in [0.25, 0.3) is 0 Å². The van der Waals surface area contributed by atoms with E-state index in [1.807, 2.05) is 37.4 Å². The van der Waals surface area contributed by atoms with Gasteiger partial charge in [0.25, 0.3) is 5.91 Å². The van der Waals surface area contributed by atoms with Crippen molar-refractivity contribution < 1.29 is 4.79 Å². The largest absolute Gasteiger partial charge is 0.360 e. The van der Waals surface area contributed by atoms with Crippen LogP contribution >= 0.6 is 15.9 Å². The first kappa shape index (κ1) is 15.5. The second-order valence-corrected chi connectivity index (χ2v) is 5.84. The zero-order chi connectivity index (χ0) is 15.2. The summed E-state index contributed by atoms with van der Waals surface area (Å²) in [4.78, 5) is 16.2. The molecule has 0 bridgehead atoms. The highest BCUT2D eigenvalue weighted by atomic mass is 79.9. The predicted molar refractivity (Wildman–Crippen MR) is 85.5 cm³/mol. The van der Waals surface area contributed by atoms with E-state index in [0.29, 0.717) is 13.1 Å². The summed E-state index contributed by atoms with van der Waals surface area (Å²) in [6.45, 7) is 2.99. The van der Waals surface area contributed by atoms with E-state index in [-0.39, 0.29) is 11.5 Å². The molecule has 1 aliphatic rings. The van der Waals surface area contributed by atoms with Gasteiger partial charge in [-0.15, -0.1) is 0 Å². The van der Waals surface area contributed by atoms with Gasteiger partial charge in [-0.05, 0) is 25.2 Å². The highest BCUT2D eigenvalue weighted by molar-refractivity contribution is 9.10. The molecule has 1 saturated heterocycles. The molecule has 6 heteroatoms. The molecule has 110 valence electrons. The van der Waals surface area contributed by atoms with Crippen LogP contribution in [0.2, 0.25) is 0 Å². The van der Waals surface area contributed by atoms with Gasteiger partial charge in [0.15, 0.2) is 0 Å². The molecule has 5 nitrogen and oxygen atoms in total. The quantitative estimate of drug-likeness (QED) is 0.670. The number of nitrogens with one attached hydrogen (secondary N) is 1. The number of carbonyl (C=O) groups is 1. The number of amides is 1. The number of carbonyl (C=O) groups excluding carboxylic acids is 1. The van der Waals surface area contributed by atoms with Crippen molar-refractivity contribution in [2.45, 2.75) is 0 Å². The summed E-state index contributed by atoms with van der Waals surface area (Å²) in [5.41, 5.74) is 0.947. The summed E-state index contributed by atoms with van der Waals surface area (Å²) >= 11 is 3.38. The highest BCUT2D eigenvalue weighted by Crippen LogP contribution is 2.16. The zero-order valence-electron chi connectivity index (χ0n) is 11.8. The minimum atomic E-state index is -0.215. The molecule has 1 amide bonds. The molecule has 1 aromatic rings. The van der Waals surface area contributed by atoms with E-state index in [1.165, 1.54) is 6.20 Å². The summed E-state index contributed by atoms with van der Waals surface area (Å²) in [6.07, 6.45) is 1.47. The van der Waals surface area contributed by atoms with Crippen molar-refractivity contribution in [2.24, 2.45) is 0 Å². The Kier molecular flexibility index (Phi) is 5.37. The maximum Gasteiger partial charge on any atom is 0.266 e. The summed E-state index contributed by atoms with van der Waals surface area (Å²) in [5.74, 6) is -0.215. The van der Waals surface area contributed by atoms with Crippen LogP contribution in [0, 0.1) is 11.3 Å². The molecule has 1 aromatic carbocycles. The Balaban J connectivity index is 2.03. The van der Waals surface area contributed by atoms with Crippen molar-refractivity contribution >= 4 is 27.5 Å². The molecule has 1 N–H and O–H groups in total. The van der Waals surface area contributed by atoms with E-state index < -0.39 is 0 Å². The van der Waals surface area contributed by atoms with Gasteiger partial charge in [0.1, 0.15) is 11.6 Å². The Morgan fingerprint density at radius 3 is 2.71 bits per heavy atom. The van der Waals surface area contributed by atoms with Crippen molar-refractivity contribution in [1.29, 1.82) is 5.26 Å². The number of nitriles is 1. The number of benzene rings is 1. The fraction of sp³-hybridized carbons (Fsp3) is 0.333. The van der Waals surface area contributed by atoms with Crippen molar-refractivity contribution in [1.82, 2.24) is 9.80 Å². The highest BCUT2D eigenvalue weighted by Gasteiger charge is 2.21. The Morgan fingerprint density at radius 2 is 2.10 bits per heavy atom. The van der Waals surface area contributed by atoms with Gasteiger partial charge in [0.2, 0.25) is 0 Å². The lowest BCUT2D eigenvalue weighted by Crippen LogP contribution is -2.47. The summed E-state index contributed by atoms with van der Waals surface area (Å²) in [5, 5.41) is 12.2. The lowest BCUT2D eigenvalue weighted by atomic mass is 10.2. The molecule has 2 rings (SSSR count). The smallest absolute Gasteiger partial charge is 0.266 e. The molecular formula is C15H17BrN4O. The van der Waals surface area contributed by atoms with Crippen molar-refractivity contribution in [2.75, 3.05) is 38.5 Å². The van der Waals surface area contributed by atoms with E-state index in [2.05, 4.69) is 26.1 Å². The molecule has 1 heterocycles. The lowest BCUT2D eigenvalue weighted by Gasteiger charge is -2.32. The van der Waals surface area contributed by atoms with Crippen LogP contribution in [0.1, 0.15) is 0 Å². The lowest BCUT2D eigenvalue weighted by molar-refractivity contribution is -0.128. The van der Waals surface area contributed by atoms with Crippen molar-refractivity contribution in [3.63, 3.8) is 0 Å². The first-order valence-electron chi connectivity index (χ1n) is 6.70. The average molecular weight is 349 g/mol. The van der Waals surface area contributed by atoms with E-state index >= 15 is 0 Å². The molecule has 0 unspecified atom stereocenters. The Hall–Kier alpha value is -1.84. The molecule has 0 aromatic heterocycles. The number of halogens is 1. The molecule has 0 spiro atoms. The van der Waals surface area contributed by atoms with Crippen LogP contribution in [0.4, 0.5) is 5.69 Å². The molecule has 0 atom stereocenters. The second-order valence-electron chi connectivity index (χ2n) is 4.92. The van der Waals surface area contributed by atoms with E-state index in [0.717, 1.165) is 23.2 Å². The van der Waals surface area contributed by atoms with E-state index in [4.69, 9.17) is 0 Å². The van der Waals surface area contributed by atoms with Gasteiger partial charge in [-0.3, -0.25) is 4.79 Å². The third-order valence-electron chi connectivity index (χ3n) is 3.35. The molecule has 0 saturated carbocycles. The molecule has 1 aliphatic heterocycles. The van der Waals surface area contributed by atoms with Crippen LogP contribution in [0.5, 0.6) is 0 Å². The third-order valence-corrected chi connectivity index (χ3v) is 3.84. The van der Waals surface area contributed by atoms with Gasteiger partial charge in [0.05, 0.1) is 0 Å². The fourth-order valence-corrected chi connectivity index (χ4v) is 2.45. The number of hydrogen-bond acceptors (Lipinski definition) is 4. The predicted octanol–water partition coefficient (Wildman–Crippen LogP) is 2.04. The topological polar surface area (TPSA) is 59.4 Å². The summed E-state index contributed by atoms with van der Waals surface area (Å²) < 4.78 is 0.935. The monoisotopic (exact) mass is 348 g/mol. The minimum absolute atomic E-state index is 0.125. The Bertz CT molecular complexity index is 586. The van der Waals surface area contributed by atoms with Gasteiger partial charge >= 0.3 is 0 Å². The maximum atomic E-state index is 12.3. The third kappa shape index (κ3) is 4.31. The fourth-order valence-electron chi connectivity index (χ4n) is 2.06. The normalized spacial score (nSPS) is 16.4. The van der Waals surface area contributed by atoms with E-state index in [1.54, 1.807) is 4.90 Å². The van der Waals surface area contributed by atoms with Gasteiger partial charge in [-0.25, -0.2) is 0 Å². The van der Waals surface area contributed by atoms with Gasteiger partial charge in [-0.1, -0.05) is 22.0 Å². The van der Waals surface area contributed by atoms with Crippen LogP contribution in [0.15, 0.2) is 40.5 Å². The first-order chi connectivity index (χ1) is 10.1.